The molecule has 5 nitrogen and oxygen atoms in total. The second kappa shape index (κ2) is 7.46. The molecule has 0 spiro atoms. The molecule has 27 heavy (non-hydrogen) atoms. The second-order valence-corrected chi connectivity index (χ2v) is 7.43. The quantitative estimate of drug-likeness (QED) is 0.502. The van der Waals surface area contributed by atoms with Crippen LogP contribution in [0.15, 0.2) is 70.7 Å². The third-order valence-corrected chi connectivity index (χ3v) is 5.64. The summed E-state index contributed by atoms with van der Waals surface area (Å²) < 4.78 is 5.66. The van der Waals surface area contributed by atoms with Gasteiger partial charge in [0.15, 0.2) is 5.11 Å². The first-order chi connectivity index (χ1) is 13.2. The average molecular weight is 395 g/mol. The van der Waals surface area contributed by atoms with Gasteiger partial charge in [-0.2, -0.15) is 4.98 Å². The molecular weight excluding hydrogens is 376 g/mol. The average Bonchev–Trinajstić information content (AvgIpc) is 3.37. The number of nitrogens with zero attached hydrogens (tertiary/aromatic N) is 3. The van der Waals surface area contributed by atoms with Crippen molar-refractivity contribution in [1.29, 1.82) is 0 Å². The first-order valence-electron chi connectivity index (χ1n) is 8.51. The first kappa shape index (κ1) is 17.6. The Morgan fingerprint density at radius 2 is 2.11 bits per heavy atom. The van der Waals surface area contributed by atoms with E-state index in [4.69, 9.17) is 16.7 Å². The molecule has 3 heterocycles. The Hall–Kier alpha value is -2.77. The standard InChI is InChI=1S/C20H18N4OS2/c1-3-11-24-13(2)16(17(21-20(24)26)14-8-5-4-6-9-14)19-22-18(23-25-19)15-10-7-12-27-15/h3-10,12,17H,1,11H2,2H3,(H,21,26). The van der Waals surface area contributed by atoms with Crippen LogP contribution in [0.3, 0.4) is 0 Å². The van der Waals surface area contributed by atoms with Gasteiger partial charge in [0.05, 0.1) is 16.5 Å². The summed E-state index contributed by atoms with van der Waals surface area (Å²) in [7, 11) is 0. The zero-order chi connectivity index (χ0) is 18.8. The smallest absolute Gasteiger partial charge is 0.258 e. The molecule has 0 amide bonds. The van der Waals surface area contributed by atoms with Crippen molar-refractivity contribution < 1.29 is 4.52 Å². The molecular formula is C20H18N4OS2. The molecule has 0 saturated carbocycles. The van der Waals surface area contributed by atoms with Gasteiger partial charge < -0.3 is 14.7 Å². The molecule has 1 N–H and O–H groups in total. The fourth-order valence-corrected chi connectivity index (χ4v) is 4.12. The number of rotatable bonds is 5. The Morgan fingerprint density at radius 3 is 2.81 bits per heavy atom. The highest BCUT2D eigenvalue weighted by atomic mass is 32.1. The summed E-state index contributed by atoms with van der Waals surface area (Å²) in [6, 6.07) is 13.9. The highest BCUT2D eigenvalue weighted by Crippen LogP contribution is 2.37. The van der Waals surface area contributed by atoms with Crippen molar-refractivity contribution in [3.8, 4) is 10.7 Å². The predicted octanol–water partition coefficient (Wildman–Crippen LogP) is 4.65. The van der Waals surface area contributed by atoms with E-state index >= 15 is 0 Å². The van der Waals surface area contributed by atoms with Crippen LogP contribution in [0.1, 0.15) is 24.4 Å². The number of thiophene rings is 1. The monoisotopic (exact) mass is 394 g/mol. The molecule has 2 aromatic heterocycles. The minimum Gasteiger partial charge on any atom is -0.351 e. The second-order valence-electron chi connectivity index (χ2n) is 6.09. The fraction of sp³-hybridized carbons (Fsp3) is 0.150. The molecule has 4 rings (SSSR count). The van der Waals surface area contributed by atoms with E-state index in [9.17, 15) is 0 Å². The molecule has 1 aromatic carbocycles. The van der Waals surface area contributed by atoms with Gasteiger partial charge in [-0.1, -0.05) is 47.6 Å². The number of allylic oxidation sites excluding steroid dienone is 1. The lowest BCUT2D eigenvalue weighted by Gasteiger charge is -2.36. The Labute approximate surface area is 167 Å². The van der Waals surface area contributed by atoms with Gasteiger partial charge in [-0.3, -0.25) is 0 Å². The van der Waals surface area contributed by atoms with Crippen LogP contribution in [0, 0.1) is 0 Å². The maximum absolute atomic E-state index is 5.66. The van der Waals surface area contributed by atoms with E-state index in [0.717, 1.165) is 21.7 Å². The van der Waals surface area contributed by atoms with Crippen LogP contribution in [-0.2, 0) is 0 Å². The van der Waals surface area contributed by atoms with E-state index in [2.05, 4.69) is 34.2 Å². The van der Waals surface area contributed by atoms with E-state index in [1.807, 2.05) is 53.6 Å². The summed E-state index contributed by atoms with van der Waals surface area (Å²) in [5, 5.41) is 10.2. The summed E-state index contributed by atoms with van der Waals surface area (Å²) in [4.78, 5) is 7.63. The van der Waals surface area contributed by atoms with Crippen molar-refractivity contribution in [3.05, 3.63) is 77.7 Å². The third-order valence-electron chi connectivity index (χ3n) is 4.44. The zero-order valence-corrected chi connectivity index (χ0v) is 16.4. The number of hydrogen-bond donors (Lipinski definition) is 1. The predicted molar refractivity (Wildman–Crippen MR) is 112 cm³/mol. The number of thiocarbonyl (C=S) groups is 1. The SMILES string of the molecule is C=CCN1C(=S)NC(c2ccccc2)C(c2nc(-c3cccs3)no2)=C1C. The lowest BCUT2D eigenvalue weighted by molar-refractivity contribution is 0.399. The molecule has 7 heteroatoms. The molecule has 136 valence electrons. The normalized spacial score (nSPS) is 17.1. The molecule has 0 radical (unpaired) electrons. The topological polar surface area (TPSA) is 54.2 Å². The largest absolute Gasteiger partial charge is 0.351 e. The summed E-state index contributed by atoms with van der Waals surface area (Å²) in [6.07, 6.45) is 1.82. The minimum absolute atomic E-state index is 0.156. The maximum Gasteiger partial charge on any atom is 0.258 e. The van der Waals surface area contributed by atoms with Crippen molar-refractivity contribution in [2.24, 2.45) is 0 Å². The van der Waals surface area contributed by atoms with Crippen molar-refractivity contribution in [2.45, 2.75) is 13.0 Å². The van der Waals surface area contributed by atoms with Gasteiger partial charge in [-0.15, -0.1) is 17.9 Å². The number of benzene rings is 1. The summed E-state index contributed by atoms with van der Waals surface area (Å²) >= 11 is 7.17. The van der Waals surface area contributed by atoms with E-state index < -0.39 is 0 Å². The highest BCUT2D eigenvalue weighted by molar-refractivity contribution is 7.80. The summed E-state index contributed by atoms with van der Waals surface area (Å²) in [5.74, 6) is 1.09. The number of aromatic nitrogens is 2. The molecule has 3 aromatic rings. The van der Waals surface area contributed by atoms with Crippen molar-refractivity contribution in [1.82, 2.24) is 20.4 Å². The Bertz CT molecular complexity index is 992. The molecule has 0 aliphatic carbocycles. The Balaban J connectivity index is 1.83. The third kappa shape index (κ3) is 3.31. The van der Waals surface area contributed by atoms with Crippen LogP contribution in [-0.4, -0.2) is 26.7 Å². The lowest BCUT2D eigenvalue weighted by Crippen LogP contribution is -2.45. The van der Waals surface area contributed by atoms with Crippen molar-refractivity contribution >= 4 is 34.2 Å². The van der Waals surface area contributed by atoms with Crippen LogP contribution in [0.25, 0.3) is 16.3 Å². The molecule has 0 bridgehead atoms. The zero-order valence-electron chi connectivity index (χ0n) is 14.8. The fourth-order valence-electron chi connectivity index (χ4n) is 3.14. The van der Waals surface area contributed by atoms with Crippen molar-refractivity contribution in [2.75, 3.05) is 6.54 Å². The minimum atomic E-state index is -0.156. The van der Waals surface area contributed by atoms with E-state index in [1.165, 1.54) is 0 Å². The summed E-state index contributed by atoms with van der Waals surface area (Å²) in [6.45, 7) is 6.47. The highest BCUT2D eigenvalue weighted by Gasteiger charge is 2.33. The van der Waals surface area contributed by atoms with Crippen molar-refractivity contribution in [3.63, 3.8) is 0 Å². The molecule has 1 atom stereocenters. The van der Waals surface area contributed by atoms with Gasteiger partial charge in [0, 0.05) is 12.2 Å². The van der Waals surface area contributed by atoms with E-state index in [-0.39, 0.29) is 6.04 Å². The van der Waals surface area contributed by atoms with E-state index in [0.29, 0.717) is 23.4 Å². The molecule has 0 saturated heterocycles. The van der Waals surface area contributed by atoms with Crippen LogP contribution >= 0.6 is 23.6 Å². The lowest BCUT2D eigenvalue weighted by atomic mass is 9.95. The first-order valence-corrected chi connectivity index (χ1v) is 9.80. The molecule has 0 fully saturated rings. The van der Waals surface area contributed by atoms with Gasteiger partial charge in [0.1, 0.15) is 0 Å². The number of nitrogens with one attached hydrogen (secondary N) is 1. The van der Waals surface area contributed by atoms with Crippen LogP contribution in [0.2, 0.25) is 0 Å². The van der Waals surface area contributed by atoms with Gasteiger partial charge in [-0.25, -0.2) is 0 Å². The van der Waals surface area contributed by atoms with Gasteiger partial charge >= 0.3 is 0 Å². The van der Waals surface area contributed by atoms with Crippen LogP contribution < -0.4 is 5.32 Å². The summed E-state index contributed by atoms with van der Waals surface area (Å²) in [5.41, 5.74) is 2.99. The Kier molecular flexibility index (Phi) is 4.87. The molecule has 1 unspecified atom stereocenters. The Morgan fingerprint density at radius 1 is 1.30 bits per heavy atom. The van der Waals surface area contributed by atoms with Crippen LogP contribution in [0.4, 0.5) is 0 Å². The van der Waals surface area contributed by atoms with Gasteiger partial charge in [0.25, 0.3) is 5.89 Å². The van der Waals surface area contributed by atoms with Gasteiger partial charge in [-0.05, 0) is 36.2 Å². The van der Waals surface area contributed by atoms with Crippen LogP contribution in [0.5, 0.6) is 0 Å². The maximum atomic E-state index is 5.66. The number of hydrogen-bond acceptors (Lipinski definition) is 5. The molecule has 1 aliphatic heterocycles. The van der Waals surface area contributed by atoms with E-state index in [1.54, 1.807) is 11.3 Å². The molecule has 1 aliphatic rings. The van der Waals surface area contributed by atoms with Gasteiger partial charge in [0.2, 0.25) is 5.82 Å².